The Balaban J connectivity index is 1.91. The van der Waals surface area contributed by atoms with Crippen LogP contribution in [0.2, 0.25) is 0 Å². The molecule has 1 saturated heterocycles. The number of amides is 1. The maximum Gasteiger partial charge on any atom is 0.222 e. The minimum absolute atomic E-state index is 0.0180. The molecular weight excluding hydrogens is 292 g/mol. The van der Waals surface area contributed by atoms with Crippen LogP contribution in [0.25, 0.3) is 0 Å². The van der Waals surface area contributed by atoms with E-state index < -0.39 is 0 Å². The molecular formula is C18H28N2O3. The van der Waals surface area contributed by atoms with Gasteiger partial charge in [-0.25, -0.2) is 0 Å². The lowest BCUT2D eigenvalue weighted by molar-refractivity contribution is -0.124. The Kier molecular flexibility index (Phi) is 7.02. The van der Waals surface area contributed by atoms with Crippen LogP contribution in [0.1, 0.15) is 36.5 Å². The van der Waals surface area contributed by atoms with Crippen LogP contribution in [-0.2, 0) is 14.3 Å². The molecule has 0 radical (unpaired) electrons. The maximum atomic E-state index is 12.0. The number of hydrogen-bond donors (Lipinski definition) is 2. The van der Waals surface area contributed by atoms with Gasteiger partial charge in [0, 0.05) is 32.7 Å². The molecule has 1 heterocycles. The molecule has 1 aliphatic heterocycles. The highest BCUT2D eigenvalue weighted by Gasteiger charge is 2.27. The number of methoxy groups -OCH3 is 1. The highest BCUT2D eigenvalue weighted by Crippen LogP contribution is 2.33. The van der Waals surface area contributed by atoms with Crippen molar-refractivity contribution in [2.45, 2.75) is 38.4 Å². The number of carbonyl (C=O) groups excluding carboxylic acids is 1. The Morgan fingerprint density at radius 2 is 2.17 bits per heavy atom. The van der Waals surface area contributed by atoms with Gasteiger partial charge in [-0.05, 0) is 25.3 Å². The summed E-state index contributed by atoms with van der Waals surface area (Å²) in [7, 11) is 1.58. The van der Waals surface area contributed by atoms with Crippen LogP contribution in [-0.4, -0.2) is 38.8 Å². The number of rotatable bonds is 7. The summed E-state index contributed by atoms with van der Waals surface area (Å²) in [5.74, 6) is 0.282. The van der Waals surface area contributed by atoms with Crippen molar-refractivity contribution in [2.24, 2.45) is 11.7 Å². The lowest BCUT2D eigenvalue weighted by Gasteiger charge is -2.32. The lowest BCUT2D eigenvalue weighted by atomic mass is 9.89. The van der Waals surface area contributed by atoms with Gasteiger partial charge < -0.3 is 20.5 Å². The zero-order valence-electron chi connectivity index (χ0n) is 14.1. The van der Waals surface area contributed by atoms with E-state index in [-0.39, 0.29) is 18.1 Å². The molecule has 3 atom stereocenters. The van der Waals surface area contributed by atoms with E-state index in [4.69, 9.17) is 15.2 Å². The summed E-state index contributed by atoms with van der Waals surface area (Å²) >= 11 is 0. The van der Waals surface area contributed by atoms with Gasteiger partial charge in [0.15, 0.2) is 0 Å². The van der Waals surface area contributed by atoms with Gasteiger partial charge in [-0.3, -0.25) is 4.79 Å². The number of carbonyl (C=O) groups is 1. The molecule has 1 aromatic rings. The number of hydrogen-bond acceptors (Lipinski definition) is 4. The van der Waals surface area contributed by atoms with Gasteiger partial charge in [0.1, 0.15) is 0 Å². The number of aryl methyl sites for hydroxylation is 1. The van der Waals surface area contributed by atoms with E-state index in [1.165, 1.54) is 11.1 Å². The summed E-state index contributed by atoms with van der Waals surface area (Å²) < 4.78 is 11.1. The molecule has 1 aliphatic rings. The SMILES string of the molecule is COC(CN)CC(=O)NCC1CCCOC1c1ccc(C)cc1. The first-order valence-corrected chi connectivity index (χ1v) is 8.31. The van der Waals surface area contributed by atoms with Crippen LogP contribution in [0.3, 0.4) is 0 Å². The largest absolute Gasteiger partial charge is 0.380 e. The van der Waals surface area contributed by atoms with Crippen molar-refractivity contribution in [3.63, 3.8) is 0 Å². The van der Waals surface area contributed by atoms with Crippen LogP contribution >= 0.6 is 0 Å². The summed E-state index contributed by atoms with van der Waals surface area (Å²) in [6.45, 7) is 3.83. The van der Waals surface area contributed by atoms with Crippen molar-refractivity contribution in [1.82, 2.24) is 5.32 Å². The van der Waals surface area contributed by atoms with Crippen LogP contribution in [0, 0.1) is 12.8 Å². The molecule has 128 valence electrons. The molecule has 23 heavy (non-hydrogen) atoms. The molecule has 0 saturated carbocycles. The van der Waals surface area contributed by atoms with Gasteiger partial charge in [-0.1, -0.05) is 29.8 Å². The van der Waals surface area contributed by atoms with Crippen molar-refractivity contribution in [2.75, 3.05) is 26.8 Å². The molecule has 3 unspecified atom stereocenters. The smallest absolute Gasteiger partial charge is 0.222 e. The average molecular weight is 320 g/mol. The molecule has 5 nitrogen and oxygen atoms in total. The highest BCUT2D eigenvalue weighted by molar-refractivity contribution is 5.76. The van der Waals surface area contributed by atoms with E-state index in [2.05, 4.69) is 36.5 Å². The van der Waals surface area contributed by atoms with E-state index in [9.17, 15) is 4.79 Å². The van der Waals surface area contributed by atoms with Crippen LogP contribution < -0.4 is 11.1 Å². The number of nitrogens with two attached hydrogens (primary N) is 1. The summed E-state index contributed by atoms with van der Waals surface area (Å²) in [5, 5.41) is 3.01. The summed E-state index contributed by atoms with van der Waals surface area (Å²) in [6.07, 6.45) is 2.23. The van der Waals surface area contributed by atoms with Crippen LogP contribution in [0.15, 0.2) is 24.3 Å². The predicted molar refractivity (Wildman–Crippen MR) is 90.1 cm³/mol. The summed E-state index contributed by atoms with van der Waals surface area (Å²) in [5.41, 5.74) is 7.98. The third-order valence-corrected chi connectivity index (χ3v) is 4.42. The minimum atomic E-state index is -0.217. The fourth-order valence-electron chi connectivity index (χ4n) is 2.96. The number of benzene rings is 1. The van der Waals surface area contributed by atoms with Gasteiger partial charge in [-0.15, -0.1) is 0 Å². The molecule has 0 aliphatic carbocycles. The lowest BCUT2D eigenvalue weighted by Crippen LogP contribution is -2.37. The van der Waals surface area contributed by atoms with Gasteiger partial charge in [0.2, 0.25) is 5.91 Å². The molecule has 1 fully saturated rings. The Hall–Kier alpha value is -1.43. The van der Waals surface area contributed by atoms with Crippen molar-refractivity contribution < 1.29 is 14.3 Å². The fourth-order valence-corrected chi connectivity index (χ4v) is 2.96. The second-order valence-electron chi connectivity index (χ2n) is 6.21. The van der Waals surface area contributed by atoms with Crippen molar-refractivity contribution in [3.8, 4) is 0 Å². The molecule has 0 spiro atoms. The van der Waals surface area contributed by atoms with Gasteiger partial charge in [0.25, 0.3) is 0 Å². The van der Waals surface area contributed by atoms with Crippen molar-refractivity contribution in [1.29, 1.82) is 0 Å². The molecule has 3 N–H and O–H groups in total. The molecule has 2 rings (SSSR count). The fraction of sp³-hybridized carbons (Fsp3) is 0.611. The Bertz CT molecular complexity index is 486. The highest BCUT2D eigenvalue weighted by atomic mass is 16.5. The zero-order chi connectivity index (χ0) is 16.7. The minimum Gasteiger partial charge on any atom is -0.380 e. The standard InChI is InChI=1S/C18H28N2O3/c1-13-5-7-14(8-6-13)18-15(4-3-9-23-18)12-20-17(21)10-16(11-19)22-2/h5-8,15-16,18H,3-4,9-12,19H2,1-2H3,(H,20,21). The molecule has 0 bridgehead atoms. The Labute approximate surface area is 138 Å². The average Bonchev–Trinajstić information content (AvgIpc) is 2.59. The first kappa shape index (κ1) is 17.9. The summed E-state index contributed by atoms with van der Waals surface area (Å²) in [4.78, 5) is 12.0. The van der Waals surface area contributed by atoms with E-state index >= 15 is 0 Å². The zero-order valence-corrected chi connectivity index (χ0v) is 14.1. The van der Waals surface area contributed by atoms with Gasteiger partial charge >= 0.3 is 0 Å². The van der Waals surface area contributed by atoms with E-state index in [1.807, 2.05) is 0 Å². The Morgan fingerprint density at radius 1 is 1.43 bits per heavy atom. The number of ether oxygens (including phenoxy) is 2. The molecule has 5 heteroatoms. The normalized spacial score (nSPS) is 22.6. The topological polar surface area (TPSA) is 73.6 Å². The molecule has 0 aromatic heterocycles. The van der Waals surface area contributed by atoms with E-state index in [0.29, 0.717) is 25.4 Å². The summed E-state index contributed by atoms with van der Waals surface area (Å²) in [6, 6.07) is 8.45. The van der Waals surface area contributed by atoms with E-state index in [0.717, 1.165) is 19.4 Å². The monoisotopic (exact) mass is 320 g/mol. The van der Waals surface area contributed by atoms with E-state index in [1.54, 1.807) is 7.11 Å². The second kappa shape index (κ2) is 9.01. The first-order valence-electron chi connectivity index (χ1n) is 8.31. The van der Waals surface area contributed by atoms with Crippen molar-refractivity contribution in [3.05, 3.63) is 35.4 Å². The number of nitrogens with one attached hydrogen (secondary N) is 1. The van der Waals surface area contributed by atoms with Gasteiger partial charge in [0.05, 0.1) is 18.6 Å². The van der Waals surface area contributed by atoms with Crippen molar-refractivity contribution >= 4 is 5.91 Å². The third-order valence-electron chi connectivity index (χ3n) is 4.42. The third kappa shape index (κ3) is 5.30. The second-order valence-corrected chi connectivity index (χ2v) is 6.21. The molecule has 1 amide bonds. The quantitative estimate of drug-likeness (QED) is 0.805. The molecule has 1 aromatic carbocycles. The van der Waals surface area contributed by atoms with Crippen LogP contribution in [0.4, 0.5) is 0 Å². The van der Waals surface area contributed by atoms with Crippen LogP contribution in [0.5, 0.6) is 0 Å². The Morgan fingerprint density at radius 3 is 2.83 bits per heavy atom. The predicted octanol–water partition coefficient (Wildman–Crippen LogP) is 1.94. The maximum absolute atomic E-state index is 12.0. The first-order chi connectivity index (χ1) is 11.1. The van der Waals surface area contributed by atoms with Gasteiger partial charge in [-0.2, -0.15) is 0 Å².